The molecule has 1 heterocycles. The molecule has 0 aliphatic carbocycles. The number of benzene rings is 2. The van der Waals surface area contributed by atoms with E-state index >= 15 is 0 Å². The largest absolute Gasteiger partial charge is 0.506 e. The smallest absolute Gasteiger partial charge is 0.153 e. The number of fused-ring (bicyclic) bond motifs is 1. The van der Waals surface area contributed by atoms with Crippen molar-refractivity contribution in [2.45, 2.75) is 6.92 Å². The van der Waals surface area contributed by atoms with E-state index in [1.807, 2.05) is 25.1 Å². The molecule has 19 heavy (non-hydrogen) atoms. The second-order valence-electron chi connectivity index (χ2n) is 4.49. The van der Waals surface area contributed by atoms with Crippen LogP contribution in [0.2, 0.25) is 5.02 Å². The van der Waals surface area contributed by atoms with Crippen LogP contribution in [0, 0.1) is 6.92 Å². The Bertz CT molecular complexity index is 780. The number of nitrogens with one attached hydrogen (secondary N) is 1. The van der Waals surface area contributed by atoms with Crippen molar-refractivity contribution in [3.05, 3.63) is 40.9 Å². The molecule has 4 nitrogen and oxygen atoms in total. The van der Waals surface area contributed by atoms with Crippen molar-refractivity contribution in [3.8, 4) is 16.9 Å². The van der Waals surface area contributed by atoms with Gasteiger partial charge in [-0.1, -0.05) is 17.7 Å². The molecular weight excluding hydrogens is 262 g/mol. The number of nitrogens with two attached hydrogens (primary N) is 1. The average molecular weight is 274 g/mol. The van der Waals surface area contributed by atoms with Crippen molar-refractivity contribution in [3.63, 3.8) is 0 Å². The highest BCUT2D eigenvalue weighted by molar-refractivity contribution is 6.32. The Kier molecular flexibility index (Phi) is 2.61. The fourth-order valence-corrected chi connectivity index (χ4v) is 2.34. The van der Waals surface area contributed by atoms with E-state index in [0.29, 0.717) is 10.8 Å². The number of hydrogen-bond acceptors (Lipinski definition) is 3. The molecule has 0 amide bonds. The van der Waals surface area contributed by atoms with Gasteiger partial charge in [-0.2, -0.15) is 5.10 Å². The topological polar surface area (TPSA) is 74.9 Å². The Labute approximate surface area is 114 Å². The van der Waals surface area contributed by atoms with Gasteiger partial charge in [-0.3, -0.25) is 5.10 Å². The summed E-state index contributed by atoms with van der Waals surface area (Å²) in [7, 11) is 0. The second-order valence-corrected chi connectivity index (χ2v) is 4.89. The van der Waals surface area contributed by atoms with Gasteiger partial charge in [0.05, 0.1) is 10.5 Å². The molecule has 0 atom stereocenters. The summed E-state index contributed by atoms with van der Waals surface area (Å²) < 4.78 is 0. The van der Waals surface area contributed by atoms with E-state index in [9.17, 15) is 5.11 Å². The highest BCUT2D eigenvalue weighted by atomic mass is 35.5. The fourth-order valence-electron chi connectivity index (χ4n) is 2.18. The zero-order valence-electron chi connectivity index (χ0n) is 10.2. The Morgan fingerprint density at radius 3 is 2.84 bits per heavy atom. The summed E-state index contributed by atoms with van der Waals surface area (Å²) in [6, 6.07) is 9.26. The van der Waals surface area contributed by atoms with Gasteiger partial charge in [-0.15, -0.1) is 0 Å². The van der Waals surface area contributed by atoms with Gasteiger partial charge in [0, 0.05) is 5.39 Å². The number of aromatic nitrogens is 2. The van der Waals surface area contributed by atoms with Crippen molar-refractivity contribution < 1.29 is 5.11 Å². The third-order valence-corrected chi connectivity index (χ3v) is 3.50. The van der Waals surface area contributed by atoms with Crippen molar-refractivity contribution >= 4 is 28.3 Å². The van der Waals surface area contributed by atoms with Crippen molar-refractivity contribution in [1.29, 1.82) is 0 Å². The zero-order chi connectivity index (χ0) is 13.6. The molecule has 3 aromatic rings. The minimum atomic E-state index is 0.0896. The highest BCUT2D eigenvalue weighted by Crippen LogP contribution is 2.34. The summed E-state index contributed by atoms with van der Waals surface area (Å²) in [6.07, 6.45) is 0. The molecule has 2 aromatic carbocycles. The molecule has 0 fully saturated rings. The quantitative estimate of drug-likeness (QED) is 0.635. The van der Waals surface area contributed by atoms with E-state index in [-0.39, 0.29) is 5.75 Å². The summed E-state index contributed by atoms with van der Waals surface area (Å²) in [5.41, 5.74) is 9.60. The molecule has 0 aliphatic rings. The maximum atomic E-state index is 9.59. The van der Waals surface area contributed by atoms with Crippen LogP contribution in [0.15, 0.2) is 30.3 Å². The van der Waals surface area contributed by atoms with Gasteiger partial charge in [0.2, 0.25) is 0 Å². The van der Waals surface area contributed by atoms with Crippen LogP contribution < -0.4 is 5.73 Å². The third kappa shape index (κ3) is 1.90. The standard InChI is InChI=1S/C14H12ClN3O/c1-7-4-13(19)11(15)6-9(7)8-2-3-12-10(5-8)14(16)18-17-12/h2-6,19H,1H3,(H3,16,17,18). The zero-order valence-corrected chi connectivity index (χ0v) is 11.0. The number of phenols is 1. The summed E-state index contributed by atoms with van der Waals surface area (Å²) in [5, 5.41) is 17.6. The summed E-state index contributed by atoms with van der Waals surface area (Å²) in [6.45, 7) is 1.92. The SMILES string of the molecule is Cc1cc(O)c(Cl)cc1-c1ccc2[nH]nc(N)c2c1. The third-order valence-electron chi connectivity index (χ3n) is 3.20. The van der Waals surface area contributed by atoms with E-state index in [4.69, 9.17) is 17.3 Å². The molecule has 96 valence electrons. The number of H-pyrrole nitrogens is 1. The predicted octanol–water partition coefficient (Wildman–Crippen LogP) is 3.48. The number of anilines is 1. The van der Waals surface area contributed by atoms with Gasteiger partial charge < -0.3 is 10.8 Å². The predicted molar refractivity (Wildman–Crippen MR) is 77.4 cm³/mol. The van der Waals surface area contributed by atoms with E-state index in [0.717, 1.165) is 27.6 Å². The maximum Gasteiger partial charge on any atom is 0.153 e. The lowest BCUT2D eigenvalue weighted by molar-refractivity contribution is 0.475. The number of aryl methyl sites for hydroxylation is 1. The number of aromatic hydroxyl groups is 1. The van der Waals surface area contributed by atoms with E-state index < -0.39 is 0 Å². The minimum absolute atomic E-state index is 0.0896. The van der Waals surface area contributed by atoms with Gasteiger partial charge in [0.15, 0.2) is 5.82 Å². The molecular formula is C14H12ClN3O. The lowest BCUT2D eigenvalue weighted by Crippen LogP contribution is -1.86. The van der Waals surface area contributed by atoms with Gasteiger partial charge in [-0.25, -0.2) is 0 Å². The molecule has 1 aromatic heterocycles. The Morgan fingerprint density at radius 1 is 1.26 bits per heavy atom. The van der Waals surface area contributed by atoms with Crippen molar-refractivity contribution in [1.82, 2.24) is 10.2 Å². The van der Waals surface area contributed by atoms with E-state index in [2.05, 4.69) is 10.2 Å². The van der Waals surface area contributed by atoms with Crippen LogP contribution >= 0.6 is 11.6 Å². The number of phenolic OH excluding ortho intramolecular Hbond substituents is 1. The molecule has 0 unspecified atom stereocenters. The van der Waals surface area contributed by atoms with Gasteiger partial charge in [-0.05, 0) is 47.9 Å². The fraction of sp³-hybridized carbons (Fsp3) is 0.0714. The Morgan fingerprint density at radius 2 is 2.05 bits per heavy atom. The molecule has 0 saturated heterocycles. The molecule has 5 heteroatoms. The number of aromatic amines is 1. The lowest BCUT2D eigenvalue weighted by atomic mass is 9.99. The monoisotopic (exact) mass is 273 g/mol. The van der Waals surface area contributed by atoms with Crippen LogP contribution in [0.1, 0.15) is 5.56 Å². The van der Waals surface area contributed by atoms with Crippen molar-refractivity contribution in [2.24, 2.45) is 0 Å². The highest BCUT2D eigenvalue weighted by Gasteiger charge is 2.09. The molecule has 4 N–H and O–H groups in total. The van der Waals surface area contributed by atoms with Crippen LogP contribution in [0.25, 0.3) is 22.0 Å². The van der Waals surface area contributed by atoms with Crippen LogP contribution in [0.3, 0.4) is 0 Å². The van der Waals surface area contributed by atoms with Crippen LogP contribution in [-0.4, -0.2) is 15.3 Å². The van der Waals surface area contributed by atoms with Crippen LogP contribution in [0.4, 0.5) is 5.82 Å². The minimum Gasteiger partial charge on any atom is -0.506 e. The number of nitrogens with zero attached hydrogens (tertiary/aromatic N) is 1. The Hall–Kier alpha value is -2.20. The summed E-state index contributed by atoms with van der Waals surface area (Å²) in [4.78, 5) is 0. The molecule has 3 rings (SSSR count). The van der Waals surface area contributed by atoms with Crippen LogP contribution in [0.5, 0.6) is 5.75 Å². The lowest BCUT2D eigenvalue weighted by Gasteiger charge is -2.08. The van der Waals surface area contributed by atoms with E-state index in [1.54, 1.807) is 12.1 Å². The number of rotatable bonds is 1. The van der Waals surface area contributed by atoms with Gasteiger partial charge >= 0.3 is 0 Å². The number of nitrogen functional groups attached to an aromatic ring is 1. The Balaban J connectivity index is 2.24. The van der Waals surface area contributed by atoms with Crippen molar-refractivity contribution in [2.75, 3.05) is 5.73 Å². The summed E-state index contributed by atoms with van der Waals surface area (Å²) >= 11 is 5.97. The average Bonchev–Trinajstić information content (AvgIpc) is 2.75. The first kappa shape index (κ1) is 11.9. The molecule has 0 radical (unpaired) electrons. The molecule has 0 bridgehead atoms. The van der Waals surface area contributed by atoms with Gasteiger partial charge in [0.1, 0.15) is 5.75 Å². The first-order valence-electron chi connectivity index (χ1n) is 5.79. The molecule has 0 aliphatic heterocycles. The maximum absolute atomic E-state index is 9.59. The number of hydrogen-bond donors (Lipinski definition) is 3. The first-order chi connectivity index (χ1) is 9.06. The number of halogens is 1. The first-order valence-corrected chi connectivity index (χ1v) is 6.17. The molecule has 0 saturated carbocycles. The normalized spacial score (nSPS) is 11.1. The van der Waals surface area contributed by atoms with Crippen LogP contribution in [-0.2, 0) is 0 Å². The van der Waals surface area contributed by atoms with E-state index in [1.165, 1.54) is 0 Å². The molecule has 0 spiro atoms. The van der Waals surface area contributed by atoms with Gasteiger partial charge in [0.25, 0.3) is 0 Å². The summed E-state index contributed by atoms with van der Waals surface area (Å²) in [5.74, 6) is 0.561. The second kappa shape index (κ2) is 4.17.